The Kier molecular flexibility index (Phi) is 23.0. The van der Waals surface area contributed by atoms with Crippen molar-refractivity contribution in [3.63, 3.8) is 0 Å². The number of hydrogen-bond acceptors (Lipinski definition) is 6. The van der Waals surface area contributed by atoms with Gasteiger partial charge in [0.25, 0.3) is 0 Å². The predicted molar refractivity (Wildman–Crippen MR) is 112 cm³/mol. The smallest absolute Gasteiger partial charge is 0.852 e. The minimum atomic E-state index is -0.584. The van der Waals surface area contributed by atoms with E-state index < -0.39 is 24.4 Å². The van der Waals surface area contributed by atoms with Gasteiger partial charge in [-0.05, 0) is 38.0 Å². The van der Waals surface area contributed by atoms with Gasteiger partial charge in [-0.15, -0.1) is 24.4 Å². The Morgan fingerprint density at radius 3 is 0.897 bits per heavy atom. The molecule has 7 heteroatoms. The Morgan fingerprint density at radius 2 is 0.759 bits per heavy atom. The first kappa shape index (κ1) is 36.8. The van der Waals surface area contributed by atoms with Crippen molar-refractivity contribution in [2.75, 3.05) is 40.3 Å². The fourth-order valence-corrected chi connectivity index (χ4v) is 1.64. The molecule has 0 N–H and O–H groups in total. The molecule has 0 saturated carbocycles. The van der Waals surface area contributed by atoms with Gasteiger partial charge in [-0.2, -0.15) is 0 Å². The first-order valence-electron chi connectivity index (χ1n) is 10.3. The van der Waals surface area contributed by atoms with Gasteiger partial charge in [0, 0.05) is 13.1 Å². The van der Waals surface area contributed by atoms with Crippen molar-refractivity contribution in [1.29, 1.82) is 0 Å². The largest absolute Gasteiger partial charge is 4.00 e. The zero-order valence-corrected chi connectivity index (χ0v) is 22.7. The van der Waals surface area contributed by atoms with E-state index in [4.69, 9.17) is 0 Å². The minimum Gasteiger partial charge on any atom is -0.852 e. The molecule has 0 unspecified atom stereocenters. The van der Waals surface area contributed by atoms with Crippen LogP contribution in [0.4, 0.5) is 0 Å². The van der Waals surface area contributed by atoms with E-state index in [1.165, 1.54) is 0 Å². The summed E-state index contributed by atoms with van der Waals surface area (Å²) in [7, 11) is 3.95. The quantitative estimate of drug-likeness (QED) is 0.501. The molecule has 0 aromatic heterocycles. The first-order chi connectivity index (χ1) is 12.3. The zero-order chi connectivity index (χ0) is 23.3. The van der Waals surface area contributed by atoms with Crippen LogP contribution in [0.5, 0.6) is 0 Å². The molecule has 0 aliphatic rings. The van der Waals surface area contributed by atoms with Crippen molar-refractivity contribution in [3.8, 4) is 0 Å². The van der Waals surface area contributed by atoms with Crippen LogP contribution < -0.4 is 20.4 Å². The molecule has 0 bridgehead atoms. The maximum absolute atomic E-state index is 12.0. The summed E-state index contributed by atoms with van der Waals surface area (Å²) in [6.45, 7) is 21.1. The van der Waals surface area contributed by atoms with Crippen molar-refractivity contribution in [3.05, 3.63) is 0 Å². The fraction of sp³-hybridized carbons (Fsp3) is 1.00. The normalized spacial score (nSPS) is 14.1. The summed E-state index contributed by atoms with van der Waals surface area (Å²) in [6.07, 6.45) is -2.00. The summed E-state index contributed by atoms with van der Waals surface area (Å²) in [4.78, 5) is 4.13. The molecule has 0 aromatic carbocycles. The third-order valence-electron chi connectivity index (χ3n) is 3.75. The Bertz CT molecular complexity index is 316. The molecule has 0 saturated heterocycles. The maximum Gasteiger partial charge on any atom is 4.00 e. The molecule has 6 nitrogen and oxygen atoms in total. The van der Waals surface area contributed by atoms with Crippen LogP contribution >= 0.6 is 0 Å². The van der Waals surface area contributed by atoms with Gasteiger partial charge in [-0.3, -0.25) is 0 Å². The Morgan fingerprint density at radius 1 is 0.586 bits per heavy atom. The van der Waals surface area contributed by atoms with Crippen molar-refractivity contribution in [1.82, 2.24) is 9.80 Å². The van der Waals surface area contributed by atoms with E-state index in [0.717, 1.165) is 13.1 Å². The van der Waals surface area contributed by atoms with E-state index in [-0.39, 0.29) is 32.5 Å². The molecule has 0 aliphatic heterocycles. The summed E-state index contributed by atoms with van der Waals surface area (Å²) in [5.41, 5.74) is -0.404. The van der Waals surface area contributed by atoms with Gasteiger partial charge >= 0.3 is 21.7 Å². The Balaban J connectivity index is -0.000000294. The van der Waals surface area contributed by atoms with Gasteiger partial charge in [-0.1, -0.05) is 69.2 Å². The topological polar surface area (TPSA) is 98.7 Å². The first-order valence-corrected chi connectivity index (χ1v) is 10.3. The minimum absolute atomic E-state index is 0. The van der Waals surface area contributed by atoms with E-state index >= 15 is 0 Å². The molecular formula is C22H48N2O4Ti. The average molecular weight is 453 g/mol. The van der Waals surface area contributed by atoms with Crippen molar-refractivity contribution in [2.45, 2.75) is 93.7 Å². The summed E-state index contributed by atoms with van der Waals surface area (Å²) in [6, 6.07) is 0. The maximum atomic E-state index is 12.0. The molecule has 2 atom stereocenters. The number of likely N-dealkylation sites (N-methyl/N-ethyl adjacent to an activating group) is 2. The van der Waals surface area contributed by atoms with Crippen molar-refractivity contribution in [2.24, 2.45) is 10.8 Å². The number of hydrogen-bond donors (Lipinski definition) is 0. The molecule has 0 spiro atoms. The molecule has 0 heterocycles. The second-order valence-electron chi connectivity index (χ2n) is 10.3. The predicted octanol–water partition coefficient (Wildman–Crippen LogP) is -0.0923. The Hall–Kier alpha value is 0.474. The monoisotopic (exact) mass is 452 g/mol. The molecule has 0 aromatic rings. The molecule has 29 heavy (non-hydrogen) atoms. The number of rotatable bonds is 7. The van der Waals surface area contributed by atoms with E-state index in [9.17, 15) is 20.4 Å². The molecule has 174 valence electrons. The SMILES string of the molecule is CC(C)[O-].CC(C)[O-].CN(CCN(C)C[C@H]([O-])C(C)(C)C)C[C@H]([O-])C(C)(C)C.[Ti+4]. The van der Waals surface area contributed by atoms with Gasteiger partial charge in [0.2, 0.25) is 0 Å². The van der Waals surface area contributed by atoms with E-state index in [2.05, 4.69) is 9.80 Å². The molecule has 0 aliphatic carbocycles. The molecule has 0 rings (SSSR count). The van der Waals surface area contributed by atoms with Crippen LogP contribution in [0.2, 0.25) is 0 Å². The molecular weight excluding hydrogens is 404 g/mol. The van der Waals surface area contributed by atoms with Gasteiger partial charge in [0.15, 0.2) is 0 Å². The van der Waals surface area contributed by atoms with Gasteiger partial charge in [-0.25, -0.2) is 0 Å². The fourth-order valence-electron chi connectivity index (χ4n) is 1.64. The van der Waals surface area contributed by atoms with Crippen LogP contribution in [0.1, 0.15) is 69.2 Å². The standard InChI is InChI=1S/C16H34N2O2.2C3H7O.Ti/c1-15(2,3)13(19)11-17(7)9-10-18(8)12-14(20)16(4,5)6;2*1-3(2)4;/h13-14H,9-12H2,1-8H3;2*3H,1-2H3;/q-2;2*-1;+4/t13-,14-;;;/m0.../s1. The molecule has 0 radical (unpaired) electrons. The summed E-state index contributed by atoms with van der Waals surface area (Å²) >= 11 is 0. The second kappa shape index (κ2) is 18.1. The van der Waals surface area contributed by atoms with E-state index in [1.807, 2.05) is 55.6 Å². The molecule has 0 amide bonds. The number of nitrogens with zero attached hydrogens (tertiary/aromatic N) is 2. The van der Waals surface area contributed by atoms with Gasteiger partial charge in [0.05, 0.1) is 0 Å². The summed E-state index contributed by atoms with van der Waals surface area (Å²) in [5.74, 6) is 0. The van der Waals surface area contributed by atoms with Crippen LogP contribution in [0.3, 0.4) is 0 Å². The van der Waals surface area contributed by atoms with Crippen LogP contribution in [-0.4, -0.2) is 74.5 Å². The van der Waals surface area contributed by atoms with E-state index in [1.54, 1.807) is 27.7 Å². The van der Waals surface area contributed by atoms with Crippen LogP contribution in [-0.2, 0) is 21.7 Å². The van der Waals surface area contributed by atoms with Crippen molar-refractivity contribution < 1.29 is 42.1 Å². The van der Waals surface area contributed by atoms with E-state index in [0.29, 0.717) is 13.1 Å². The Labute approximate surface area is 196 Å². The van der Waals surface area contributed by atoms with Gasteiger partial charge < -0.3 is 30.2 Å². The van der Waals surface area contributed by atoms with Crippen LogP contribution in [0.25, 0.3) is 0 Å². The van der Waals surface area contributed by atoms with Gasteiger partial charge in [0.1, 0.15) is 0 Å². The third kappa shape index (κ3) is 30.8. The summed E-state index contributed by atoms with van der Waals surface area (Å²) in [5, 5.41) is 43.1. The molecule has 0 fully saturated rings. The average Bonchev–Trinajstić information content (AvgIpc) is 2.41. The van der Waals surface area contributed by atoms with Crippen LogP contribution in [0, 0.1) is 10.8 Å². The zero-order valence-electron chi connectivity index (χ0n) is 21.2. The van der Waals surface area contributed by atoms with Crippen LogP contribution in [0.15, 0.2) is 0 Å². The summed E-state index contributed by atoms with van der Waals surface area (Å²) < 4.78 is 0. The third-order valence-corrected chi connectivity index (χ3v) is 3.75. The second-order valence-corrected chi connectivity index (χ2v) is 10.3. The van der Waals surface area contributed by atoms with Crippen molar-refractivity contribution >= 4 is 0 Å².